The lowest BCUT2D eigenvalue weighted by atomic mass is 10.2. The molecule has 0 unspecified atom stereocenters. The number of fused-ring (bicyclic) bond motifs is 1. The molecule has 0 aliphatic carbocycles. The Balaban J connectivity index is 2.19. The molecule has 2 aromatic heterocycles. The Kier molecular flexibility index (Phi) is 5.20. The Hall–Kier alpha value is -2.18. The summed E-state index contributed by atoms with van der Waals surface area (Å²) in [7, 11) is 0. The standard InChI is InChI=1S/C18H17ClN2O3S/c1-2-11-10-13-17(25-11)20-16(12-6-3-4-7-14(12)19)21(18(13)24)9-5-8-15(22)23/h3-4,6-7,10H,2,5,8-9H2,1H3,(H,22,23). The quantitative estimate of drug-likeness (QED) is 0.699. The second-order valence-electron chi connectivity index (χ2n) is 5.65. The van der Waals surface area contributed by atoms with Crippen molar-refractivity contribution in [3.05, 3.63) is 50.6 Å². The molecule has 3 aromatic rings. The maximum atomic E-state index is 13.0. The van der Waals surface area contributed by atoms with Crippen molar-refractivity contribution in [3.63, 3.8) is 0 Å². The molecule has 25 heavy (non-hydrogen) atoms. The fourth-order valence-corrected chi connectivity index (χ4v) is 3.86. The number of hydrogen-bond donors (Lipinski definition) is 1. The van der Waals surface area contributed by atoms with Crippen LogP contribution in [0.15, 0.2) is 35.1 Å². The van der Waals surface area contributed by atoms with Crippen LogP contribution < -0.4 is 5.56 Å². The van der Waals surface area contributed by atoms with Gasteiger partial charge in [0.25, 0.3) is 5.56 Å². The first-order valence-corrected chi connectivity index (χ1v) is 9.20. The van der Waals surface area contributed by atoms with Gasteiger partial charge in [0.2, 0.25) is 0 Å². The summed E-state index contributed by atoms with van der Waals surface area (Å²) in [6.07, 6.45) is 1.18. The predicted octanol–water partition coefficient (Wildman–Crippen LogP) is 4.21. The number of nitrogens with zero attached hydrogens (tertiary/aromatic N) is 2. The first kappa shape index (κ1) is 17.6. The summed E-state index contributed by atoms with van der Waals surface area (Å²) in [5.41, 5.74) is 0.520. The third kappa shape index (κ3) is 3.60. The van der Waals surface area contributed by atoms with Crippen molar-refractivity contribution >= 4 is 39.1 Å². The SMILES string of the molecule is CCc1cc2c(=O)n(CCCC(=O)O)c(-c3ccccc3Cl)nc2s1. The van der Waals surface area contributed by atoms with Crippen molar-refractivity contribution in [1.29, 1.82) is 0 Å². The van der Waals surface area contributed by atoms with Crippen LogP contribution in [0.5, 0.6) is 0 Å². The van der Waals surface area contributed by atoms with E-state index in [0.29, 0.717) is 33.0 Å². The van der Waals surface area contributed by atoms with Gasteiger partial charge in [-0.2, -0.15) is 0 Å². The Bertz CT molecular complexity index is 994. The number of carboxylic acid groups (broad SMARTS) is 1. The molecular weight excluding hydrogens is 360 g/mol. The van der Waals surface area contributed by atoms with E-state index in [4.69, 9.17) is 16.7 Å². The number of aromatic nitrogens is 2. The zero-order valence-corrected chi connectivity index (χ0v) is 15.2. The summed E-state index contributed by atoms with van der Waals surface area (Å²) in [5, 5.41) is 9.96. The second-order valence-corrected chi connectivity index (χ2v) is 7.18. The van der Waals surface area contributed by atoms with Crippen LogP contribution in [0.2, 0.25) is 5.02 Å². The van der Waals surface area contributed by atoms with Gasteiger partial charge < -0.3 is 5.11 Å². The number of halogens is 1. The molecule has 0 atom stereocenters. The normalized spacial score (nSPS) is 11.1. The first-order valence-electron chi connectivity index (χ1n) is 8.01. The van der Waals surface area contributed by atoms with E-state index in [0.717, 1.165) is 11.3 Å². The summed E-state index contributed by atoms with van der Waals surface area (Å²) in [5.74, 6) is -0.400. The smallest absolute Gasteiger partial charge is 0.303 e. The van der Waals surface area contributed by atoms with E-state index in [2.05, 4.69) is 4.98 Å². The zero-order valence-electron chi connectivity index (χ0n) is 13.7. The minimum atomic E-state index is -0.884. The van der Waals surface area contributed by atoms with Gasteiger partial charge in [0.1, 0.15) is 10.7 Å². The number of carbonyl (C=O) groups is 1. The Labute approximate surface area is 153 Å². The highest BCUT2D eigenvalue weighted by Gasteiger charge is 2.17. The van der Waals surface area contributed by atoms with Gasteiger partial charge >= 0.3 is 5.97 Å². The van der Waals surface area contributed by atoms with Crippen molar-refractivity contribution in [2.45, 2.75) is 32.7 Å². The van der Waals surface area contributed by atoms with E-state index in [1.807, 2.05) is 31.2 Å². The molecular formula is C18H17ClN2O3S. The van der Waals surface area contributed by atoms with E-state index in [9.17, 15) is 9.59 Å². The van der Waals surface area contributed by atoms with Crippen LogP contribution in [0.1, 0.15) is 24.6 Å². The van der Waals surface area contributed by atoms with Gasteiger partial charge in [-0.3, -0.25) is 14.2 Å². The van der Waals surface area contributed by atoms with E-state index in [1.165, 1.54) is 11.3 Å². The van der Waals surface area contributed by atoms with Gasteiger partial charge in [0.05, 0.1) is 10.4 Å². The van der Waals surface area contributed by atoms with Gasteiger partial charge in [-0.25, -0.2) is 4.98 Å². The number of carboxylic acids is 1. The highest BCUT2D eigenvalue weighted by molar-refractivity contribution is 7.18. The maximum absolute atomic E-state index is 13.0. The monoisotopic (exact) mass is 376 g/mol. The Morgan fingerprint density at radius 2 is 2.12 bits per heavy atom. The summed E-state index contributed by atoms with van der Waals surface area (Å²) in [6.45, 7) is 2.32. The van der Waals surface area contributed by atoms with Crippen LogP contribution in [0.3, 0.4) is 0 Å². The molecule has 0 aliphatic rings. The molecule has 1 aromatic carbocycles. The third-order valence-electron chi connectivity index (χ3n) is 3.94. The van der Waals surface area contributed by atoms with E-state index >= 15 is 0 Å². The largest absolute Gasteiger partial charge is 0.481 e. The molecule has 0 radical (unpaired) electrons. The molecule has 0 spiro atoms. The molecule has 0 fully saturated rings. The summed E-state index contributed by atoms with van der Waals surface area (Å²) >= 11 is 7.81. The maximum Gasteiger partial charge on any atom is 0.303 e. The molecule has 0 saturated carbocycles. The van der Waals surface area contributed by atoms with Gasteiger partial charge in [-0.05, 0) is 31.0 Å². The average Bonchev–Trinajstić information content (AvgIpc) is 3.00. The van der Waals surface area contributed by atoms with Gasteiger partial charge in [-0.15, -0.1) is 11.3 Å². The zero-order chi connectivity index (χ0) is 18.0. The molecule has 0 bridgehead atoms. The number of aryl methyl sites for hydroxylation is 1. The summed E-state index contributed by atoms with van der Waals surface area (Å²) in [6, 6.07) is 9.10. The minimum absolute atomic E-state index is 0.00368. The lowest BCUT2D eigenvalue weighted by molar-refractivity contribution is -0.137. The van der Waals surface area contributed by atoms with Crippen molar-refractivity contribution in [2.24, 2.45) is 0 Å². The number of rotatable bonds is 6. The van der Waals surface area contributed by atoms with Crippen LogP contribution in [-0.4, -0.2) is 20.6 Å². The molecule has 1 N–H and O–H groups in total. The van der Waals surface area contributed by atoms with E-state index in [1.54, 1.807) is 10.6 Å². The van der Waals surface area contributed by atoms with Gasteiger partial charge in [-0.1, -0.05) is 30.7 Å². The fraction of sp³-hybridized carbons (Fsp3) is 0.278. The summed E-state index contributed by atoms with van der Waals surface area (Å²) in [4.78, 5) is 30.3. The van der Waals surface area contributed by atoms with E-state index < -0.39 is 5.97 Å². The van der Waals surface area contributed by atoms with Crippen molar-refractivity contribution in [1.82, 2.24) is 9.55 Å². The number of aliphatic carboxylic acids is 1. The Morgan fingerprint density at radius 1 is 1.36 bits per heavy atom. The highest BCUT2D eigenvalue weighted by Crippen LogP contribution is 2.29. The van der Waals surface area contributed by atoms with Gasteiger partial charge in [0.15, 0.2) is 0 Å². The topological polar surface area (TPSA) is 72.2 Å². The minimum Gasteiger partial charge on any atom is -0.481 e. The molecule has 0 aliphatic heterocycles. The first-order chi connectivity index (χ1) is 12.0. The van der Waals surface area contributed by atoms with Crippen LogP contribution in [-0.2, 0) is 17.8 Å². The van der Waals surface area contributed by atoms with Crippen molar-refractivity contribution in [2.75, 3.05) is 0 Å². The lowest BCUT2D eigenvalue weighted by Crippen LogP contribution is -2.23. The predicted molar refractivity (Wildman–Crippen MR) is 101 cm³/mol. The van der Waals surface area contributed by atoms with Crippen LogP contribution >= 0.6 is 22.9 Å². The number of thiophene rings is 1. The van der Waals surface area contributed by atoms with Crippen molar-refractivity contribution in [3.8, 4) is 11.4 Å². The number of hydrogen-bond acceptors (Lipinski definition) is 4. The molecule has 0 saturated heterocycles. The molecule has 7 heteroatoms. The highest BCUT2D eigenvalue weighted by atomic mass is 35.5. The number of benzene rings is 1. The summed E-state index contributed by atoms with van der Waals surface area (Å²) < 4.78 is 1.54. The van der Waals surface area contributed by atoms with Gasteiger partial charge in [0, 0.05) is 23.4 Å². The third-order valence-corrected chi connectivity index (χ3v) is 5.44. The molecule has 2 heterocycles. The average molecular weight is 377 g/mol. The molecule has 130 valence electrons. The Morgan fingerprint density at radius 3 is 2.80 bits per heavy atom. The fourth-order valence-electron chi connectivity index (χ4n) is 2.68. The lowest BCUT2D eigenvalue weighted by Gasteiger charge is -2.13. The van der Waals surface area contributed by atoms with Crippen LogP contribution in [0, 0.1) is 0 Å². The molecule has 0 amide bonds. The molecule has 3 rings (SSSR count). The molecule has 5 nitrogen and oxygen atoms in total. The van der Waals surface area contributed by atoms with Crippen molar-refractivity contribution < 1.29 is 9.90 Å². The van der Waals surface area contributed by atoms with Crippen LogP contribution in [0.4, 0.5) is 0 Å². The van der Waals surface area contributed by atoms with E-state index in [-0.39, 0.29) is 18.5 Å². The second kappa shape index (κ2) is 7.37. The van der Waals surface area contributed by atoms with Crippen LogP contribution in [0.25, 0.3) is 21.6 Å².